The van der Waals surface area contributed by atoms with Gasteiger partial charge >= 0.3 is 11.9 Å². The summed E-state index contributed by atoms with van der Waals surface area (Å²) < 4.78 is 22.8. The van der Waals surface area contributed by atoms with Crippen LogP contribution in [0.5, 0.6) is 0 Å². The quantitative estimate of drug-likeness (QED) is 0.0195. The van der Waals surface area contributed by atoms with Crippen molar-refractivity contribution in [2.24, 2.45) is 0 Å². The zero-order chi connectivity index (χ0) is 70.4. The molecule has 0 amide bonds. The van der Waals surface area contributed by atoms with Crippen molar-refractivity contribution in [1.29, 1.82) is 0 Å². The number of carboxylic acid groups (broad SMARTS) is 1. The van der Waals surface area contributed by atoms with Crippen molar-refractivity contribution in [1.82, 2.24) is 0 Å². The largest absolute Gasteiger partial charge is 0.545 e. The van der Waals surface area contributed by atoms with E-state index in [1.807, 2.05) is 21.1 Å². The van der Waals surface area contributed by atoms with Crippen molar-refractivity contribution in [2.45, 2.75) is 334 Å². The number of aliphatic carboxylic acids is 1. The summed E-state index contributed by atoms with van der Waals surface area (Å²) in [5.74, 6) is -2.29. The van der Waals surface area contributed by atoms with Crippen LogP contribution in [0.2, 0.25) is 0 Å². The molecule has 0 fully saturated rings. The molecule has 0 aromatic heterocycles. The van der Waals surface area contributed by atoms with Crippen molar-refractivity contribution in [3.63, 3.8) is 0 Å². The maximum absolute atomic E-state index is 13.0. The Morgan fingerprint density at radius 1 is 0.320 bits per heavy atom. The maximum Gasteiger partial charge on any atom is 0.306 e. The van der Waals surface area contributed by atoms with E-state index in [1.54, 1.807) is 0 Å². The number of carboxylic acids is 1. The summed E-state index contributed by atoms with van der Waals surface area (Å²) in [6.07, 6.45) is 111. The lowest BCUT2D eigenvalue weighted by molar-refractivity contribution is -0.870. The number of rotatable bonds is 72. The zero-order valence-corrected chi connectivity index (χ0v) is 63.1. The van der Waals surface area contributed by atoms with Gasteiger partial charge in [-0.2, -0.15) is 0 Å². The van der Waals surface area contributed by atoms with Gasteiger partial charge < -0.3 is 33.3 Å². The molecule has 0 saturated carbocycles. The second kappa shape index (κ2) is 76.7. The lowest BCUT2D eigenvalue weighted by Crippen LogP contribution is -2.44. The lowest BCUT2D eigenvalue weighted by Gasteiger charge is -2.26. The van der Waals surface area contributed by atoms with E-state index in [0.29, 0.717) is 17.4 Å². The standard InChI is InChI=1S/C88H147NO8/c1-6-8-10-12-14-16-18-20-22-24-26-28-30-32-34-36-38-39-40-41-42-43-44-45-46-47-49-51-53-55-57-59-61-63-65-67-69-71-73-75-77-79-86(91)97-84(83-96-88(87(92)93)94-81-80-89(3,4)5)82-95-85(90)78-76-74-72-70-68-66-64-62-60-58-56-54-52-50-48-37-35-33-31-29-27-25-23-21-19-17-15-13-11-9-7-2/h8,10,14,16,19-22,25-28,31-34,38-39,41-42,44-45,47,49,53,55,84,88H,6-7,9,11-13,15,17-18,23-24,29-30,35-37,40,43,46,48,50-52,54,56-83H2,1-5H3/b10-8-,16-14-,21-19-,22-20-,27-25-,28-26-,33-31-,34-32-,39-38-,42-41-,45-44-,49-47-,55-53-. The highest BCUT2D eigenvalue weighted by Crippen LogP contribution is 2.17. The first-order valence-electron chi connectivity index (χ1n) is 39.6. The summed E-state index contributed by atoms with van der Waals surface area (Å²) in [4.78, 5) is 37.6. The van der Waals surface area contributed by atoms with Crippen LogP contribution < -0.4 is 5.11 Å². The number of unbranched alkanes of at least 4 members (excludes halogenated alkanes) is 31. The second-order valence-corrected chi connectivity index (χ2v) is 27.3. The Bertz CT molecular complexity index is 2160. The molecule has 0 bridgehead atoms. The van der Waals surface area contributed by atoms with Crippen LogP contribution in [0.25, 0.3) is 0 Å². The number of likely N-dealkylation sites (N-methyl/N-ethyl adjacent to an activating group) is 1. The molecule has 0 aromatic carbocycles. The smallest absolute Gasteiger partial charge is 0.306 e. The van der Waals surface area contributed by atoms with Crippen LogP contribution in [0.4, 0.5) is 0 Å². The molecule has 97 heavy (non-hydrogen) atoms. The first kappa shape index (κ1) is 91.9. The highest BCUT2D eigenvalue weighted by Gasteiger charge is 2.22. The molecule has 0 aliphatic heterocycles. The van der Waals surface area contributed by atoms with Gasteiger partial charge in [-0.05, 0) is 128 Å². The molecule has 552 valence electrons. The fourth-order valence-corrected chi connectivity index (χ4v) is 10.8. The van der Waals surface area contributed by atoms with E-state index in [0.717, 1.165) is 122 Å². The van der Waals surface area contributed by atoms with Gasteiger partial charge in [-0.15, -0.1) is 0 Å². The van der Waals surface area contributed by atoms with Crippen LogP contribution in [-0.4, -0.2) is 82.3 Å². The Morgan fingerprint density at radius 3 is 0.876 bits per heavy atom. The monoisotopic (exact) mass is 1350 g/mol. The number of nitrogens with zero attached hydrogens (tertiary/aromatic N) is 1. The summed E-state index contributed by atoms with van der Waals surface area (Å²) in [7, 11) is 5.93. The number of hydrogen-bond donors (Lipinski definition) is 0. The molecule has 0 aliphatic carbocycles. The molecule has 0 radical (unpaired) electrons. The van der Waals surface area contributed by atoms with Crippen LogP contribution in [-0.2, 0) is 33.3 Å². The van der Waals surface area contributed by atoms with Crippen LogP contribution in [0.1, 0.15) is 322 Å². The molecule has 0 heterocycles. The van der Waals surface area contributed by atoms with E-state index >= 15 is 0 Å². The molecular formula is C88H147NO8. The van der Waals surface area contributed by atoms with Crippen LogP contribution in [0, 0.1) is 0 Å². The minimum atomic E-state index is -1.63. The van der Waals surface area contributed by atoms with E-state index in [1.165, 1.54) is 167 Å². The molecular weight excluding hydrogens is 1200 g/mol. The van der Waals surface area contributed by atoms with Crippen molar-refractivity contribution in [3.05, 3.63) is 158 Å². The first-order valence-corrected chi connectivity index (χ1v) is 39.6. The number of allylic oxidation sites excluding steroid dienone is 26. The van der Waals surface area contributed by atoms with E-state index < -0.39 is 24.3 Å². The molecule has 0 aromatic rings. The van der Waals surface area contributed by atoms with Gasteiger partial charge in [-0.25, -0.2) is 0 Å². The highest BCUT2D eigenvalue weighted by molar-refractivity contribution is 5.70. The van der Waals surface area contributed by atoms with E-state index in [2.05, 4.69) is 172 Å². The molecule has 0 rings (SSSR count). The number of esters is 2. The van der Waals surface area contributed by atoms with E-state index in [9.17, 15) is 19.5 Å². The number of ether oxygens (including phenoxy) is 4. The van der Waals surface area contributed by atoms with Crippen molar-refractivity contribution < 1.29 is 42.9 Å². The summed E-state index contributed by atoms with van der Waals surface area (Å²) in [6, 6.07) is 0. The van der Waals surface area contributed by atoms with E-state index in [4.69, 9.17) is 18.9 Å². The third-order valence-corrected chi connectivity index (χ3v) is 16.8. The number of hydrogen-bond acceptors (Lipinski definition) is 8. The zero-order valence-electron chi connectivity index (χ0n) is 63.1. The molecule has 0 saturated heterocycles. The van der Waals surface area contributed by atoms with Crippen molar-refractivity contribution in [2.75, 3.05) is 47.5 Å². The average molecular weight is 1350 g/mol. The summed E-state index contributed by atoms with van der Waals surface area (Å²) in [6.45, 7) is 4.63. The van der Waals surface area contributed by atoms with Crippen molar-refractivity contribution in [3.8, 4) is 0 Å². The Balaban J connectivity index is 4.11. The number of carbonyl (C=O) groups excluding carboxylic acids is 3. The minimum absolute atomic E-state index is 0.141. The van der Waals surface area contributed by atoms with Gasteiger partial charge in [0.05, 0.1) is 40.3 Å². The third kappa shape index (κ3) is 78.1. The third-order valence-electron chi connectivity index (χ3n) is 16.8. The van der Waals surface area contributed by atoms with Gasteiger partial charge in [-0.1, -0.05) is 339 Å². The predicted octanol–water partition coefficient (Wildman–Crippen LogP) is 24.3. The van der Waals surface area contributed by atoms with Gasteiger partial charge in [0.15, 0.2) is 12.4 Å². The van der Waals surface area contributed by atoms with Crippen LogP contribution in [0.15, 0.2) is 158 Å². The maximum atomic E-state index is 13.0. The fraction of sp³-hybridized carbons (Fsp3) is 0.670. The summed E-state index contributed by atoms with van der Waals surface area (Å²) >= 11 is 0. The molecule has 9 heteroatoms. The molecule has 0 spiro atoms. The summed E-state index contributed by atoms with van der Waals surface area (Å²) in [5, 5.41) is 11.9. The SMILES string of the molecule is CC/C=C\C/C=C\C/C=C\C/C=C\C/C=C\C/C=C\C/C=C\C/C=C\C/C=C\C/C=C\CCCCCCCCCCCCC(=O)OC(COC(=O)CCCCCCCCCCCCCCCCCC/C=C\C/C=C\C/C=C\CCCCCCC)COC(OCC[N+](C)(C)C)C(=O)[O-]. The molecule has 2 atom stereocenters. The molecule has 9 nitrogen and oxygen atoms in total. The number of carbonyl (C=O) groups is 3. The van der Waals surface area contributed by atoms with Gasteiger partial charge in [0, 0.05) is 12.8 Å². The Hall–Kier alpha value is -5.09. The number of quaternary nitrogens is 1. The summed E-state index contributed by atoms with van der Waals surface area (Å²) in [5.41, 5.74) is 0. The highest BCUT2D eigenvalue weighted by atomic mass is 16.7. The molecule has 2 unspecified atom stereocenters. The lowest BCUT2D eigenvalue weighted by atomic mass is 10.0. The van der Waals surface area contributed by atoms with Crippen LogP contribution in [0.3, 0.4) is 0 Å². The van der Waals surface area contributed by atoms with Crippen molar-refractivity contribution >= 4 is 17.9 Å². The Morgan fingerprint density at radius 2 is 0.588 bits per heavy atom. The predicted molar refractivity (Wildman–Crippen MR) is 416 cm³/mol. The second-order valence-electron chi connectivity index (χ2n) is 27.3. The van der Waals surface area contributed by atoms with Crippen LogP contribution >= 0.6 is 0 Å². The molecule has 0 N–H and O–H groups in total. The van der Waals surface area contributed by atoms with Gasteiger partial charge in [0.2, 0.25) is 0 Å². The normalized spacial score (nSPS) is 13.5. The topological polar surface area (TPSA) is 111 Å². The fourth-order valence-electron chi connectivity index (χ4n) is 10.8. The Kier molecular flexibility index (Phi) is 72.6. The van der Waals surface area contributed by atoms with Gasteiger partial charge in [-0.3, -0.25) is 9.59 Å². The average Bonchev–Trinajstić information content (AvgIpc) is 3.27. The first-order chi connectivity index (χ1) is 47.6. The van der Waals surface area contributed by atoms with Gasteiger partial charge in [0.1, 0.15) is 13.2 Å². The Labute approximate surface area is 597 Å². The van der Waals surface area contributed by atoms with Gasteiger partial charge in [0.25, 0.3) is 0 Å². The van der Waals surface area contributed by atoms with E-state index in [-0.39, 0.29) is 38.6 Å². The minimum Gasteiger partial charge on any atom is -0.545 e. The molecule has 0 aliphatic rings.